The molecule has 0 aromatic carbocycles. The van der Waals surface area contributed by atoms with E-state index in [2.05, 4.69) is 20.8 Å². The van der Waals surface area contributed by atoms with Gasteiger partial charge < -0.3 is 9.29 Å². The second-order valence-corrected chi connectivity index (χ2v) is 11.2. The van der Waals surface area contributed by atoms with E-state index in [1.165, 1.54) is 38.5 Å². The van der Waals surface area contributed by atoms with Gasteiger partial charge in [-0.3, -0.25) is 4.55 Å². The Hall–Kier alpha value is -0.750. The Kier molecular flexibility index (Phi) is 4.62. The predicted molar refractivity (Wildman–Crippen MR) is 103 cm³/mol. The van der Waals surface area contributed by atoms with E-state index < -0.39 is 10.4 Å². The van der Waals surface area contributed by atoms with Crippen LogP contribution in [0.15, 0.2) is 11.5 Å². The van der Waals surface area contributed by atoms with Gasteiger partial charge in [0.05, 0.1) is 0 Å². The molecule has 3 fully saturated rings. The molecule has 0 heterocycles. The fraction of sp³-hybridized carbons (Fsp3) is 0.905. The van der Waals surface area contributed by atoms with Crippen LogP contribution in [-0.2, 0) is 14.6 Å². The van der Waals surface area contributed by atoms with E-state index in [1.807, 2.05) is 0 Å². The summed E-state index contributed by atoms with van der Waals surface area (Å²) in [5.41, 5.74) is 0.468. The molecule has 4 aliphatic rings. The van der Waals surface area contributed by atoms with E-state index in [0.29, 0.717) is 30.1 Å². The van der Waals surface area contributed by atoms with Gasteiger partial charge in [-0.25, -0.2) is 0 Å². The van der Waals surface area contributed by atoms with Crippen LogP contribution in [0.3, 0.4) is 0 Å². The highest BCUT2D eigenvalue weighted by atomic mass is 32.3. The smallest absolute Gasteiger partial charge is 0.446 e. The van der Waals surface area contributed by atoms with Crippen molar-refractivity contribution in [2.75, 3.05) is 0 Å². The Morgan fingerprint density at radius 2 is 1.78 bits per heavy atom. The van der Waals surface area contributed by atoms with Gasteiger partial charge in [-0.15, -0.1) is 0 Å². The molecule has 0 aromatic rings. The molecule has 0 radical (unpaired) electrons. The molecule has 0 bridgehead atoms. The van der Waals surface area contributed by atoms with E-state index in [-0.39, 0.29) is 16.9 Å². The zero-order valence-electron chi connectivity index (χ0n) is 16.8. The summed E-state index contributed by atoms with van der Waals surface area (Å²) in [6, 6.07) is 0. The maximum Gasteiger partial charge on any atom is 0.446 e. The van der Waals surface area contributed by atoms with Crippen LogP contribution in [-0.4, -0.2) is 18.1 Å². The molecule has 0 unspecified atom stereocenters. The molecule has 0 aromatic heterocycles. The van der Waals surface area contributed by atoms with Crippen LogP contribution in [0.2, 0.25) is 0 Å². The first-order chi connectivity index (χ1) is 12.6. The van der Waals surface area contributed by atoms with E-state index in [1.54, 1.807) is 0 Å². The number of hydrogen-bond donors (Lipinski definition) is 2. The summed E-state index contributed by atoms with van der Waals surface area (Å²) in [7, 11) is -4.58. The van der Waals surface area contributed by atoms with Crippen molar-refractivity contribution in [2.45, 2.75) is 78.6 Å². The van der Waals surface area contributed by atoms with Gasteiger partial charge in [0.2, 0.25) is 0 Å². The molecule has 4 rings (SSSR count). The van der Waals surface area contributed by atoms with Crippen molar-refractivity contribution in [3.05, 3.63) is 11.5 Å². The summed E-state index contributed by atoms with van der Waals surface area (Å²) >= 11 is 0. The lowest BCUT2D eigenvalue weighted by Gasteiger charge is -2.60. The van der Waals surface area contributed by atoms with Gasteiger partial charge in [-0.1, -0.05) is 27.2 Å². The summed E-state index contributed by atoms with van der Waals surface area (Å²) in [6.07, 6.45) is 9.59. The predicted octanol–water partition coefficient (Wildman–Crippen LogP) is 5.25. The quantitative estimate of drug-likeness (QED) is 0.634. The standard InChI is InChI=1S/C21H34O5S/c1-4-13-6-8-16-15-7-5-14-11-19(26-27(23,24)25)18(22)12-21(14,3)17(15)9-10-20(13,16)2/h13-17,22H,4-12H2,1-3H3,(H,23,24,25)/t13-,14+,15-,16+,17-,20+,21-/m0/s1. The van der Waals surface area contributed by atoms with E-state index in [4.69, 9.17) is 8.74 Å². The van der Waals surface area contributed by atoms with Crippen LogP contribution in [0.1, 0.15) is 78.6 Å². The topological polar surface area (TPSA) is 83.8 Å². The van der Waals surface area contributed by atoms with Crippen molar-refractivity contribution in [3.8, 4) is 0 Å². The third-order valence-corrected chi connectivity index (χ3v) is 9.67. The van der Waals surface area contributed by atoms with Crippen LogP contribution >= 0.6 is 0 Å². The third-order valence-electron chi connectivity index (χ3n) is 9.26. The van der Waals surface area contributed by atoms with Crippen molar-refractivity contribution < 1.29 is 22.3 Å². The number of rotatable bonds is 3. The zero-order valence-corrected chi connectivity index (χ0v) is 17.6. The lowest BCUT2D eigenvalue weighted by Crippen LogP contribution is -2.53. The van der Waals surface area contributed by atoms with Crippen LogP contribution in [0, 0.1) is 40.4 Å². The summed E-state index contributed by atoms with van der Waals surface area (Å²) in [5.74, 6) is 3.31. The molecule has 0 amide bonds. The van der Waals surface area contributed by atoms with Gasteiger partial charge in [0.1, 0.15) is 5.76 Å². The number of aliphatic hydroxyl groups excluding tert-OH is 1. The molecule has 7 atom stereocenters. The Labute approximate surface area is 163 Å². The second kappa shape index (κ2) is 6.38. The van der Waals surface area contributed by atoms with Gasteiger partial charge in [-0.05, 0) is 78.9 Å². The maximum absolute atomic E-state index is 11.1. The second-order valence-electron chi connectivity index (χ2n) is 10.1. The van der Waals surface area contributed by atoms with Crippen LogP contribution < -0.4 is 0 Å². The first-order valence-corrected chi connectivity index (χ1v) is 12.0. The van der Waals surface area contributed by atoms with Crippen molar-refractivity contribution in [1.82, 2.24) is 0 Å². The summed E-state index contributed by atoms with van der Waals surface area (Å²) in [4.78, 5) is 0. The highest BCUT2D eigenvalue weighted by molar-refractivity contribution is 7.81. The van der Waals surface area contributed by atoms with Crippen molar-refractivity contribution in [1.29, 1.82) is 0 Å². The first kappa shape index (κ1) is 19.6. The van der Waals surface area contributed by atoms with Gasteiger partial charge in [0, 0.05) is 12.8 Å². The molecule has 6 heteroatoms. The molecule has 0 aliphatic heterocycles. The molecule has 27 heavy (non-hydrogen) atoms. The van der Waals surface area contributed by atoms with Gasteiger partial charge in [0.15, 0.2) is 5.76 Å². The van der Waals surface area contributed by atoms with Gasteiger partial charge in [-0.2, -0.15) is 8.42 Å². The lowest BCUT2D eigenvalue weighted by molar-refractivity contribution is -0.106. The fourth-order valence-electron chi connectivity index (χ4n) is 7.94. The van der Waals surface area contributed by atoms with Crippen molar-refractivity contribution in [3.63, 3.8) is 0 Å². The van der Waals surface area contributed by atoms with E-state index >= 15 is 0 Å². The molecule has 4 aliphatic carbocycles. The normalized spacial score (nSPS) is 47.2. The van der Waals surface area contributed by atoms with Crippen LogP contribution in [0.4, 0.5) is 0 Å². The molecular weight excluding hydrogens is 364 g/mol. The Bertz CT molecular complexity index is 744. The number of fused-ring (bicyclic) bond motifs is 5. The molecule has 154 valence electrons. The summed E-state index contributed by atoms with van der Waals surface area (Å²) in [6.45, 7) is 7.16. The van der Waals surface area contributed by atoms with Crippen LogP contribution in [0.5, 0.6) is 0 Å². The third kappa shape index (κ3) is 3.02. The van der Waals surface area contributed by atoms with E-state index in [9.17, 15) is 13.5 Å². The number of allylic oxidation sites excluding steroid dienone is 2. The summed E-state index contributed by atoms with van der Waals surface area (Å²) in [5, 5.41) is 10.5. The SMILES string of the molecule is CC[C@H]1CC[C@@H]2[C@@H]3CC[C@@H]4CC(OS(=O)(=O)O)=C(O)C[C@]4(C)[C@H]3CC[C@]12C. The Morgan fingerprint density at radius 1 is 1.07 bits per heavy atom. The number of hydrogen-bond acceptors (Lipinski definition) is 4. The van der Waals surface area contributed by atoms with Gasteiger partial charge >= 0.3 is 10.4 Å². The fourth-order valence-corrected chi connectivity index (χ4v) is 8.35. The zero-order chi connectivity index (χ0) is 19.6. The minimum absolute atomic E-state index is 0.00922. The summed E-state index contributed by atoms with van der Waals surface area (Å²) < 4.78 is 36.0. The highest BCUT2D eigenvalue weighted by Gasteiger charge is 2.60. The largest absolute Gasteiger partial charge is 0.509 e. The Balaban J connectivity index is 1.61. The average Bonchev–Trinajstić information content (AvgIpc) is 2.91. The maximum atomic E-state index is 11.1. The molecule has 5 nitrogen and oxygen atoms in total. The minimum Gasteiger partial charge on any atom is -0.509 e. The monoisotopic (exact) mass is 398 g/mol. The Morgan fingerprint density at radius 3 is 2.44 bits per heavy atom. The van der Waals surface area contributed by atoms with Gasteiger partial charge in [0.25, 0.3) is 0 Å². The minimum atomic E-state index is -4.58. The molecular formula is C21H34O5S. The van der Waals surface area contributed by atoms with Crippen LogP contribution in [0.25, 0.3) is 0 Å². The first-order valence-electron chi connectivity index (χ1n) is 10.7. The average molecular weight is 399 g/mol. The van der Waals surface area contributed by atoms with E-state index in [0.717, 1.165) is 24.2 Å². The molecule has 2 N–H and O–H groups in total. The highest BCUT2D eigenvalue weighted by Crippen LogP contribution is 2.68. The molecule has 0 spiro atoms. The molecule has 0 saturated heterocycles. The lowest BCUT2D eigenvalue weighted by atomic mass is 9.45. The molecule has 3 saturated carbocycles. The van der Waals surface area contributed by atoms with Crippen molar-refractivity contribution in [2.24, 2.45) is 40.4 Å². The number of aliphatic hydroxyl groups is 1. The van der Waals surface area contributed by atoms with Crippen molar-refractivity contribution >= 4 is 10.4 Å².